The third-order valence-corrected chi connectivity index (χ3v) is 6.81. The van der Waals surface area contributed by atoms with E-state index in [-0.39, 0.29) is 18.9 Å². The molecule has 152 valence electrons. The molecule has 1 N–H and O–H groups in total. The highest BCUT2D eigenvalue weighted by atomic mass is 32.2. The van der Waals surface area contributed by atoms with E-state index in [9.17, 15) is 13.2 Å². The van der Waals surface area contributed by atoms with Crippen molar-refractivity contribution in [2.45, 2.75) is 17.2 Å². The van der Waals surface area contributed by atoms with Gasteiger partial charge in [0.1, 0.15) is 13.2 Å². The molecule has 0 saturated carbocycles. The van der Waals surface area contributed by atoms with E-state index in [4.69, 9.17) is 9.47 Å². The molecule has 28 heavy (non-hydrogen) atoms. The second-order valence-corrected chi connectivity index (χ2v) is 9.83. The predicted molar refractivity (Wildman–Crippen MR) is 109 cm³/mol. The lowest BCUT2D eigenvalue weighted by atomic mass is 10.2. The van der Waals surface area contributed by atoms with Crippen LogP contribution >= 0.6 is 23.1 Å². The van der Waals surface area contributed by atoms with Gasteiger partial charge in [0.25, 0.3) is 0 Å². The lowest BCUT2D eigenvalue weighted by Crippen LogP contribution is -2.31. The maximum Gasteiger partial charge on any atom is 0.232 e. The topological polar surface area (TPSA) is 111 Å². The fraction of sp³-hybridized carbons (Fsp3) is 0.438. The van der Waals surface area contributed by atoms with E-state index in [0.717, 1.165) is 10.6 Å². The summed E-state index contributed by atoms with van der Waals surface area (Å²) in [5.74, 6) is 0.861. The van der Waals surface area contributed by atoms with Crippen LogP contribution in [0.5, 0.6) is 11.5 Å². The van der Waals surface area contributed by atoms with Crippen molar-refractivity contribution in [3.63, 3.8) is 0 Å². The maximum absolute atomic E-state index is 12.2. The van der Waals surface area contributed by atoms with Crippen LogP contribution < -0.4 is 19.1 Å². The average Bonchev–Trinajstić information content (AvgIpc) is 3.11. The van der Waals surface area contributed by atoms with Crippen molar-refractivity contribution in [1.29, 1.82) is 0 Å². The highest BCUT2D eigenvalue weighted by molar-refractivity contribution is 8.00. The molecular weight excluding hydrogens is 424 g/mol. The number of anilines is 2. The highest BCUT2D eigenvalue weighted by Gasteiger charge is 2.21. The molecule has 0 atom stereocenters. The number of carbonyl (C=O) groups excluding carboxylic acids is 1. The Bertz CT molecular complexity index is 948. The van der Waals surface area contributed by atoms with Crippen molar-refractivity contribution in [3.8, 4) is 11.5 Å². The molecule has 0 saturated heterocycles. The number of hydrogen-bond acceptors (Lipinski definition) is 9. The molecule has 1 aliphatic rings. The van der Waals surface area contributed by atoms with Gasteiger partial charge in [-0.05, 0) is 24.8 Å². The molecule has 2 aromatic rings. The Balaban J connectivity index is 1.61. The first kappa shape index (κ1) is 20.7. The average molecular weight is 445 g/mol. The fourth-order valence-corrected chi connectivity index (χ4v) is 4.72. The minimum absolute atomic E-state index is 0.157. The van der Waals surface area contributed by atoms with E-state index in [1.54, 1.807) is 18.2 Å². The van der Waals surface area contributed by atoms with Gasteiger partial charge in [0.05, 0.1) is 11.9 Å². The third kappa shape index (κ3) is 5.26. The fourth-order valence-electron chi connectivity index (χ4n) is 2.58. The van der Waals surface area contributed by atoms with Gasteiger partial charge in [0.15, 0.2) is 15.8 Å². The van der Waals surface area contributed by atoms with Gasteiger partial charge in [-0.2, -0.15) is 0 Å². The Morgan fingerprint density at radius 3 is 2.71 bits per heavy atom. The maximum atomic E-state index is 12.2. The summed E-state index contributed by atoms with van der Waals surface area (Å²) in [5.41, 5.74) is 0.473. The lowest BCUT2D eigenvalue weighted by molar-refractivity contribution is -0.116. The van der Waals surface area contributed by atoms with Crippen LogP contribution in [0.1, 0.15) is 12.8 Å². The number of benzene rings is 1. The summed E-state index contributed by atoms with van der Waals surface area (Å²) in [4.78, 5) is 12.1. The van der Waals surface area contributed by atoms with Gasteiger partial charge in [0.2, 0.25) is 21.1 Å². The largest absolute Gasteiger partial charge is 0.486 e. The molecule has 3 rings (SSSR count). The number of fused-ring (bicyclic) bond motifs is 1. The smallest absolute Gasteiger partial charge is 0.232 e. The van der Waals surface area contributed by atoms with Crippen LogP contribution in [0.3, 0.4) is 0 Å². The first-order valence-corrected chi connectivity index (χ1v) is 12.3. The van der Waals surface area contributed by atoms with E-state index >= 15 is 0 Å². The van der Waals surface area contributed by atoms with E-state index in [1.165, 1.54) is 27.4 Å². The van der Waals surface area contributed by atoms with E-state index < -0.39 is 10.0 Å². The molecule has 0 aliphatic carbocycles. The summed E-state index contributed by atoms with van der Waals surface area (Å²) in [5, 5.41) is 10.9. The summed E-state index contributed by atoms with van der Waals surface area (Å²) in [6, 6.07) is 4.99. The molecule has 0 fully saturated rings. The number of thioether (sulfide) groups is 1. The molecule has 1 aromatic carbocycles. The standard InChI is InChI=1S/C16H20N4O5S3/c1-26-16-19-18-15(27-16)17-14(21)4-3-7-20(28(2,22)23)11-5-6-12-13(10-11)25-9-8-24-12/h5-6,10H,3-4,7-9H2,1-2H3,(H,17,18,21). The second kappa shape index (κ2) is 8.97. The molecule has 1 amide bonds. The third-order valence-electron chi connectivity index (χ3n) is 3.81. The molecule has 0 unspecified atom stereocenters. The first-order chi connectivity index (χ1) is 13.4. The number of nitrogens with zero attached hydrogens (tertiary/aromatic N) is 3. The SMILES string of the molecule is CSc1nnc(NC(=O)CCCN(c2ccc3c(c2)OCCO3)S(C)(=O)=O)s1. The van der Waals surface area contributed by atoms with E-state index in [0.29, 0.717) is 42.0 Å². The Labute approximate surface area is 171 Å². The van der Waals surface area contributed by atoms with Crippen LogP contribution in [-0.4, -0.2) is 56.8 Å². The Morgan fingerprint density at radius 2 is 2.04 bits per heavy atom. The van der Waals surface area contributed by atoms with Crippen LogP contribution in [0.25, 0.3) is 0 Å². The van der Waals surface area contributed by atoms with Crippen LogP contribution in [-0.2, 0) is 14.8 Å². The summed E-state index contributed by atoms with van der Waals surface area (Å²) in [7, 11) is -3.52. The zero-order valence-electron chi connectivity index (χ0n) is 15.4. The number of nitrogens with one attached hydrogen (secondary N) is 1. The molecule has 12 heteroatoms. The van der Waals surface area contributed by atoms with Crippen molar-refractivity contribution in [1.82, 2.24) is 10.2 Å². The molecular formula is C16H20N4O5S3. The summed E-state index contributed by atoms with van der Waals surface area (Å²) < 4.78 is 37.5. The number of rotatable bonds is 8. The summed E-state index contributed by atoms with van der Waals surface area (Å²) in [6.45, 7) is 1.04. The van der Waals surface area contributed by atoms with E-state index in [1.807, 2.05) is 6.26 Å². The summed E-state index contributed by atoms with van der Waals surface area (Å²) >= 11 is 2.74. The zero-order chi connectivity index (χ0) is 20.1. The Hall–Kier alpha value is -2.05. The number of sulfonamides is 1. The summed E-state index contributed by atoms with van der Waals surface area (Å²) in [6.07, 6.45) is 3.52. The molecule has 0 spiro atoms. The monoisotopic (exact) mass is 444 g/mol. The van der Waals surface area contributed by atoms with Crippen molar-refractivity contribution >= 4 is 49.8 Å². The van der Waals surface area contributed by atoms with Crippen molar-refractivity contribution in [3.05, 3.63) is 18.2 Å². The molecule has 0 radical (unpaired) electrons. The molecule has 1 aliphatic heterocycles. The highest BCUT2D eigenvalue weighted by Crippen LogP contribution is 2.34. The van der Waals surface area contributed by atoms with Crippen LogP contribution in [0.2, 0.25) is 0 Å². The van der Waals surface area contributed by atoms with Gasteiger partial charge in [-0.15, -0.1) is 10.2 Å². The normalized spacial score (nSPS) is 13.2. The van der Waals surface area contributed by atoms with Gasteiger partial charge in [-0.3, -0.25) is 9.10 Å². The Kier molecular flexibility index (Phi) is 6.62. The van der Waals surface area contributed by atoms with Crippen LogP contribution in [0.4, 0.5) is 10.8 Å². The second-order valence-electron chi connectivity index (χ2n) is 5.89. The first-order valence-electron chi connectivity index (χ1n) is 8.41. The Morgan fingerprint density at radius 1 is 1.29 bits per heavy atom. The number of carbonyl (C=O) groups is 1. The predicted octanol–water partition coefficient (Wildman–Crippen LogP) is 2.22. The molecule has 0 bridgehead atoms. The van der Waals surface area contributed by atoms with Crippen molar-refractivity contribution in [2.75, 3.05) is 41.9 Å². The van der Waals surface area contributed by atoms with Gasteiger partial charge >= 0.3 is 0 Å². The number of aromatic nitrogens is 2. The van der Waals surface area contributed by atoms with Crippen molar-refractivity contribution < 1.29 is 22.7 Å². The quantitative estimate of drug-likeness (QED) is 0.487. The number of amides is 1. The molecule has 9 nitrogen and oxygen atoms in total. The minimum Gasteiger partial charge on any atom is -0.486 e. The van der Waals surface area contributed by atoms with Crippen LogP contribution in [0.15, 0.2) is 22.5 Å². The van der Waals surface area contributed by atoms with Gasteiger partial charge in [0, 0.05) is 19.0 Å². The van der Waals surface area contributed by atoms with Gasteiger partial charge < -0.3 is 14.8 Å². The lowest BCUT2D eigenvalue weighted by Gasteiger charge is -2.25. The van der Waals surface area contributed by atoms with Gasteiger partial charge in [-0.1, -0.05) is 23.1 Å². The minimum atomic E-state index is -3.52. The zero-order valence-corrected chi connectivity index (χ0v) is 17.8. The molecule has 1 aromatic heterocycles. The van der Waals surface area contributed by atoms with E-state index in [2.05, 4.69) is 15.5 Å². The number of ether oxygens (including phenoxy) is 2. The van der Waals surface area contributed by atoms with Crippen LogP contribution in [0, 0.1) is 0 Å². The van der Waals surface area contributed by atoms with Gasteiger partial charge in [-0.25, -0.2) is 8.42 Å². The molecule has 2 heterocycles. The number of hydrogen-bond donors (Lipinski definition) is 1. The van der Waals surface area contributed by atoms with Crippen molar-refractivity contribution in [2.24, 2.45) is 0 Å².